The molecule has 1 fully saturated rings. The van der Waals surface area contributed by atoms with E-state index in [4.69, 9.17) is 0 Å². The van der Waals surface area contributed by atoms with E-state index in [1.807, 2.05) is 10.2 Å². The Balaban J connectivity index is 2.26. The topological polar surface area (TPSA) is 64.7 Å². The number of piperazine rings is 1. The van der Waals surface area contributed by atoms with Crippen LogP contribution in [-0.4, -0.2) is 73.7 Å². The summed E-state index contributed by atoms with van der Waals surface area (Å²) in [5.41, 5.74) is 0. The van der Waals surface area contributed by atoms with Gasteiger partial charge in [-0.05, 0) is 0 Å². The number of rotatable bonds is 5. The maximum Gasteiger partial charge on any atom is 0.405 e. The number of alkyl halides is 3. The standard InChI is InChI=1S/C12H19F3N4O2/c1-2-3-16-10(20)8-18-4-6-19(7-5-18)11(21)17-9-12(13,14)15/h2H,1,3-9H2,(H,16,20)(H,17,21). The van der Waals surface area contributed by atoms with E-state index in [2.05, 4.69) is 11.9 Å². The molecule has 0 spiro atoms. The van der Waals surface area contributed by atoms with Gasteiger partial charge in [-0.2, -0.15) is 13.2 Å². The van der Waals surface area contributed by atoms with E-state index in [1.54, 1.807) is 6.08 Å². The number of carbonyl (C=O) groups excluding carboxylic acids is 2. The maximum absolute atomic E-state index is 12.0. The molecule has 0 atom stereocenters. The van der Waals surface area contributed by atoms with Gasteiger partial charge in [-0.15, -0.1) is 6.58 Å². The summed E-state index contributed by atoms with van der Waals surface area (Å²) in [5.74, 6) is -0.148. The molecule has 1 saturated heterocycles. The molecule has 0 aromatic heterocycles. The van der Waals surface area contributed by atoms with Crippen LogP contribution in [0.3, 0.4) is 0 Å². The zero-order valence-corrected chi connectivity index (χ0v) is 11.6. The van der Waals surface area contributed by atoms with Gasteiger partial charge in [-0.1, -0.05) is 6.08 Å². The van der Waals surface area contributed by atoms with E-state index >= 15 is 0 Å². The summed E-state index contributed by atoms with van der Waals surface area (Å²) in [6.07, 6.45) is -2.85. The van der Waals surface area contributed by atoms with Crippen molar-refractivity contribution in [1.82, 2.24) is 20.4 Å². The summed E-state index contributed by atoms with van der Waals surface area (Å²) in [6.45, 7) is 4.21. The van der Waals surface area contributed by atoms with Crippen LogP contribution in [-0.2, 0) is 4.79 Å². The number of urea groups is 1. The molecule has 0 bridgehead atoms. The van der Waals surface area contributed by atoms with Crippen LogP contribution in [0, 0.1) is 0 Å². The molecule has 120 valence electrons. The molecule has 21 heavy (non-hydrogen) atoms. The Labute approximate surface area is 120 Å². The zero-order valence-electron chi connectivity index (χ0n) is 11.6. The van der Waals surface area contributed by atoms with Crippen molar-refractivity contribution in [2.24, 2.45) is 0 Å². The van der Waals surface area contributed by atoms with Crippen LogP contribution in [0.25, 0.3) is 0 Å². The summed E-state index contributed by atoms with van der Waals surface area (Å²) in [6, 6.07) is -0.733. The first-order chi connectivity index (χ1) is 9.81. The third kappa shape index (κ3) is 6.98. The van der Waals surface area contributed by atoms with Gasteiger partial charge in [0.15, 0.2) is 0 Å². The van der Waals surface area contributed by atoms with Crippen LogP contribution in [0.1, 0.15) is 0 Å². The van der Waals surface area contributed by atoms with Crippen molar-refractivity contribution in [3.8, 4) is 0 Å². The molecule has 0 aliphatic carbocycles. The van der Waals surface area contributed by atoms with E-state index in [9.17, 15) is 22.8 Å². The number of carbonyl (C=O) groups is 2. The van der Waals surface area contributed by atoms with Crippen LogP contribution in [0.5, 0.6) is 0 Å². The molecular formula is C12H19F3N4O2. The predicted molar refractivity (Wildman–Crippen MR) is 70.7 cm³/mol. The van der Waals surface area contributed by atoms with Crippen molar-refractivity contribution in [3.63, 3.8) is 0 Å². The first-order valence-corrected chi connectivity index (χ1v) is 6.51. The van der Waals surface area contributed by atoms with Gasteiger partial charge < -0.3 is 15.5 Å². The highest BCUT2D eigenvalue weighted by molar-refractivity contribution is 5.78. The molecule has 1 aliphatic rings. The molecule has 2 N–H and O–H groups in total. The lowest BCUT2D eigenvalue weighted by molar-refractivity contribution is -0.124. The van der Waals surface area contributed by atoms with Crippen LogP contribution in [0.4, 0.5) is 18.0 Å². The molecule has 1 heterocycles. The molecule has 0 aromatic rings. The fourth-order valence-electron chi connectivity index (χ4n) is 1.84. The van der Waals surface area contributed by atoms with Gasteiger partial charge in [0.25, 0.3) is 0 Å². The van der Waals surface area contributed by atoms with Gasteiger partial charge in [0.2, 0.25) is 5.91 Å². The molecule has 0 unspecified atom stereocenters. The van der Waals surface area contributed by atoms with E-state index in [0.29, 0.717) is 32.7 Å². The van der Waals surface area contributed by atoms with Gasteiger partial charge in [0.05, 0.1) is 6.54 Å². The van der Waals surface area contributed by atoms with Crippen LogP contribution in [0.2, 0.25) is 0 Å². The predicted octanol–water partition coefficient (Wildman–Crippen LogP) is 0.178. The highest BCUT2D eigenvalue weighted by Crippen LogP contribution is 2.12. The van der Waals surface area contributed by atoms with Gasteiger partial charge in [0.1, 0.15) is 6.54 Å². The molecule has 0 saturated carbocycles. The monoisotopic (exact) mass is 308 g/mol. The third-order valence-electron chi connectivity index (χ3n) is 2.91. The number of nitrogens with zero attached hydrogens (tertiary/aromatic N) is 2. The van der Waals surface area contributed by atoms with Crippen molar-refractivity contribution in [3.05, 3.63) is 12.7 Å². The maximum atomic E-state index is 12.0. The quantitative estimate of drug-likeness (QED) is 0.712. The summed E-state index contributed by atoms with van der Waals surface area (Å²) < 4.78 is 36.0. The smallest absolute Gasteiger partial charge is 0.352 e. The molecule has 9 heteroatoms. The number of hydrogen-bond donors (Lipinski definition) is 2. The minimum Gasteiger partial charge on any atom is -0.352 e. The first-order valence-electron chi connectivity index (χ1n) is 6.51. The second-order valence-corrected chi connectivity index (χ2v) is 4.63. The average Bonchev–Trinajstić information content (AvgIpc) is 2.42. The molecule has 0 radical (unpaired) electrons. The highest BCUT2D eigenvalue weighted by atomic mass is 19.4. The Hall–Kier alpha value is -1.77. The Bertz CT molecular complexity index is 379. The van der Waals surface area contributed by atoms with Gasteiger partial charge in [0, 0.05) is 32.7 Å². The SMILES string of the molecule is C=CCNC(=O)CN1CCN(C(=O)NCC(F)(F)F)CC1. The van der Waals surface area contributed by atoms with E-state index in [1.165, 1.54) is 4.90 Å². The van der Waals surface area contributed by atoms with Crippen molar-refractivity contribution in [1.29, 1.82) is 0 Å². The lowest BCUT2D eigenvalue weighted by atomic mass is 10.3. The Morgan fingerprint density at radius 2 is 1.76 bits per heavy atom. The van der Waals surface area contributed by atoms with E-state index < -0.39 is 18.8 Å². The van der Waals surface area contributed by atoms with Crippen molar-refractivity contribution in [2.75, 3.05) is 45.8 Å². The highest BCUT2D eigenvalue weighted by Gasteiger charge is 2.29. The average molecular weight is 308 g/mol. The zero-order chi connectivity index (χ0) is 15.9. The Morgan fingerprint density at radius 3 is 2.29 bits per heavy atom. The van der Waals surface area contributed by atoms with Crippen LogP contribution >= 0.6 is 0 Å². The molecule has 6 nitrogen and oxygen atoms in total. The fourth-order valence-corrected chi connectivity index (χ4v) is 1.84. The largest absolute Gasteiger partial charge is 0.405 e. The molecule has 3 amide bonds. The van der Waals surface area contributed by atoms with Crippen LogP contribution in [0.15, 0.2) is 12.7 Å². The number of halogens is 3. The normalized spacial score (nSPS) is 16.4. The molecule has 0 aromatic carbocycles. The third-order valence-corrected chi connectivity index (χ3v) is 2.91. The lowest BCUT2D eigenvalue weighted by Crippen LogP contribution is -2.54. The Kier molecular flexibility index (Phi) is 6.47. The minimum absolute atomic E-state index is 0.148. The molecular weight excluding hydrogens is 289 g/mol. The summed E-state index contributed by atoms with van der Waals surface area (Å²) in [5, 5.41) is 4.46. The fraction of sp³-hybridized carbons (Fsp3) is 0.667. The van der Waals surface area contributed by atoms with Crippen molar-refractivity contribution >= 4 is 11.9 Å². The van der Waals surface area contributed by atoms with Crippen molar-refractivity contribution in [2.45, 2.75) is 6.18 Å². The van der Waals surface area contributed by atoms with Gasteiger partial charge >= 0.3 is 12.2 Å². The van der Waals surface area contributed by atoms with Gasteiger partial charge in [-0.25, -0.2) is 4.79 Å². The van der Waals surface area contributed by atoms with E-state index in [0.717, 1.165) is 0 Å². The van der Waals surface area contributed by atoms with Gasteiger partial charge in [-0.3, -0.25) is 9.69 Å². The van der Waals surface area contributed by atoms with Crippen LogP contribution < -0.4 is 10.6 Å². The number of hydrogen-bond acceptors (Lipinski definition) is 3. The minimum atomic E-state index is -4.42. The second-order valence-electron chi connectivity index (χ2n) is 4.63. The number of nitrogens with one attached hydrogen (secondary N) is 2. The van der Waals surface area contributed by atoms with E-state index in [-0.39, 0.29) is 12.5 Å². The summed E-state index contributed by atoms with van der Waals surface area (Å²) >= 11 is 0. The molecule has 1 rings (SSSR count). The van der Waals surface area contributed by atoms with Crippen molar-refractivity contribution < 1.29 is 22.8 Å². The summed E-state index contributed by atoms with van der Waals surface area (Å²) in [4.78, 5) is 26.1. The summed E-state index contributed by atoms with van der Waals surface area (Å²) in [7, 11) is 0. The molecule has 1 aliphatic heterocycles. The second kappa shape index (κ2) is 7.87. The Morgan fingerprint density at radius 1 is 1.14 bits per heavy atom. The lowest BCUT2D eigenvalue weighted by Gasteiger charge is -2.34. The number of amides is 3. The first kappa shape index (κ1) is 17.3.